The van der Waals surface area contributed by atoms with Crippen LogP contribution in [0, 0.1) is 0 Å². The van der Waals surface area contributed by atoms with E-state index in [0.29, 0.717) is 18.3 Å². The molecule has 19 heavy (non-hydrogen) atoms. The quantitative estimate of drug-likeness (QED) is 0.858. The number of aliphatic imine (C=N–C) groups is 1. The summed E-state index contributed by atoms with van der Waals surface area (Å²) in [4.78, 5) is 4.32. The zero-order valence-corrected chi connectivity index (χ0v) is 12.7. The number of hydrogen-bond donors (Lipinski definition) is 0. The van der Waals surface area contributed by atoms with Crippen molar-refractivity contribution in [3.05, 3.63) is 35.9 Å². The first kappa shape index (κ1) is 14.4. The molecule has 104 valence electrons. The molecule has 0 saturated heterocycles. The Morgan fingerprint density at radius 2 is 2.05 bits per heavy atom. The minimum absolute atomic E-state index is 0.117. The first-order chi connectivity index (χ1) is 9.04. The monoisotopic (exact) mass is 298 g/mol. The molecule has 0 bridgehead atoms. The molecule has 1 aliphatic heterocycles. The van der Waals surface area contributed by atoms with Crippen molar-refractivity contribution in [3.8, 4) is 0 Å². The highest BCUT2D eigenvalue weighted by molar-refractivity contribution is 8.15. The summed E-state index contributed by atoms with van der Waals surface area (Å²) in [5.74, 6) is 0.117. The van der Waals surface area contributed by atoms with Crippen LogP contribution in [0.25, 0.3) is 0 Å². The molecule has 1 aromatic carbocycles. The molecule has 0 amide bonds. The third kappa shape index (κ3) is 3.30. The van der Waals surface area contributed by atoms with Crippen LogP contribution < -0.4 is 0 Å². The highest BCUT2D eigenvalue weighted by atomic mass is 32.2. The van der Waals surface area contributed by atoms with E-state index in [2.05, 4.69) is 11.9 Å². The van der Waals surface area contributed by atoms with Crippen LogP contribution in [-0.4, -0.2) is 36.7 Å². The molecule has 0 unspecified atom stereocenters. The third-order valence-corrected chi connectivity index (χ3v) is 6.07. The van der Waals surface area contributed by atoms with E-state index in [4.69, 9.17) is 0 Å². The van der Waals surface area contributed by atoms with Gasteiger partial charge in [0.25, 0.3) is 0 Å². The fourth-order valence-corrected chi connectivity index (χ4v) is 4.29. The lowest BCUT2D eigenvalue weighted by molar-refractivity contribution is 0.541. The third-order valence-electron chi connectivity index (χ3n) is 3.02. The van der Waals surface area contributed by atoms with Crippen LogP contribution in [-0.2, 0) is 10.0 Å². The van der Waals surface area contributed by atoms with Gasteiger partial charge < -0.3 is 0 Å². The lowest BCUT2D eigenvalue weighted by Gasteiger charge is -2.21. The second kappa shape index (κ2) is 5.96. The van der Waals surface area contributed by atoms with E-state index in [1.807, 2.05) is 30.3 Å². The van der Waals surface area contributed by atoms with E-state index >= 15 is 0 Å². The fourth-order valence-electron chi connectivity index (χ4n) is 1.87. The topological polar surface area (TPSA) is 49.7 Å². The average Bonchev–Trinajstić information content (AvgIpc) is 2.88. The summed E-state index contributed by atoms with van der Waals surface area (Å²) >= 11 is 1.51. The van der Waals surface area contributed by atoms with Crippen molar-refractivity contribution in [2.45, 2.75) is 19.1 Å². The maximum atomic E-state index is 12.0. The van der Waals surface area contributed by atoms with Gasteiger partial charge in [-0.1, -0.05) is 42.1 Å². The highest BCUT2D eigenvalue weighted by Gasteiger charge is 2.29. The number of amidine groups is 1. The van der Waals surface area contributed by atoms with E-state index in [1.165, 1.54) is 21.6 Å². The van der Waals surface area contributed by atoms with Crippen LogP contribution in [0.15, 0.2) is 35.3 Å². The van der Waals surface area contributed by atoms with E-state index in [0.717, 1.165) is 0 Å². The maximum Gasteiger partial charge on any atom is 0.236 e. The van der Waals surface area contributed by atoms with Gasteiger partial charge in [-0.25, -0.2) is 12.7 Å². The molecule has 2 rings (SSSR count). The fraction of sp³-hybridized carbons (Fsp3) is 0.462. The Morgan fingerprint density at radius 1 is 1.37 bits per heavy atom. The van der Waals surface area contributed by atoms with Gasteiger partial charge in [-0.2, -0.15) is 0 Å². The molecule has 0 aromatic heterocycles. The van der Waals surface area contributed by atoms with Gasteiger partial charge in [0.1, 0.15) is 0 Å². The number of benzene rings is 1. The molecule has 0 aliphatic carbocycles. The van der Waals surface area contributed by atoms with Crippen LogP contribution in [0.5, 0.6) is 0 Å². The van der Waals surface area contributed by atoms with Crippen molar-refractivity contribution < 1.29 is 8.42 Å². The Morgan fingerprint density at radius 3 is 2.68 bits per heavy atom. The smallest absolute Gasteiger partial charge is 0.236 e. The number of thioether (sulfide) groups is 1. The predicted octanol–water partition coefficient (Wildman–Crippen LogP) is 2.50. The summed E-state index contributed by atoms with van der Waals surface area (Å²) in [5.41, 5.74) is 1.18. The number of rotatable bonds is 4. The largest absolute Gasteiger partial charge is 0.260 e. The predicted molar refractivity (Wildman–Crippen MR) is 80.9 cm³/mol. The number of nitrogens with zero attached hydrogens (tertiary/aromatic N) is 2. The zero-order chi connectivity index (χ0) is 13.9. The van der Waals surface area contributed by atoms with Crippen LogP contribution in [0.2, 0.25) is 0 Å². The molecule has 4 nitrogen and oxygen atoms in total. The summed E-state index contributed by atoms with van der Waals surface area (Å²) in [6, 6.07) is 10.0. The van der Waals surface area contributed by atoms with Crippen molar-refractivity contribution >= 4 is 27.0 Å². The molecule has 6 heteroatoms. The number of hydrogen-bond acceptors (Lipinski definition) is 4. The van der Waals surface area contributed by atoms with Gasteiger partial charge in [-0.3, -0.25) is 4.99 Å². The van der Waals surface area contributed by atoms with Gasteiger partial charge in [0.15, 0.2) is 5.17 Å². The van der Waals surface area contributed by atoms with Crippen LogP contribution in [0.1, 0.15) is 24.7 Å². The molecule has 1 heterocycles. The Balaban J connectivity index is 2.11. The Labute approximate surface area is 119 Å². The minimum atomic E-state index is -3.19. The Kier molecular flexibility index (Phi) is 4.52. The summed E-state index contributed by atoms with van der Waals surface area (Å²) in [6.45, 7) is 4.76. The number of sulfonamides is 1. The molecular formula is C13H18N2O2S2. The van der Waals surface area contributed by atoms with Gasteiger partial charge in [0, 0.05) is 5.25 Å². The first-order valence-electron chi connectivity index (χ1n) is 6.31. The second-order valence-electron chi connectivity index (χ2n) is 4.31. The molecule has 0 fully saturated rings. The van der Waals surface area contributed by atoms with Crippen LogP contribution in [0.3, 0.4) is 0 Å². The van der Waals surface area contributed by atoms with Crippen LogP contribution >= 0.6 is 11.8 Å². The summed E-state index contributed by atoms with van der Waals surface area (Å²) in [6.07, 6.45) is 0. The molecule has 1 aromatic rings. The molecule has 1 atom stereocenters. The molecular weight excluding hydrogens is 280 g/mol. The lowest BCUT2D eigenvalue weighted by Crippen LogP contribution is -2.34. The first-order valence-corrected chi connectivity index (χ1v) is 8.80. The van der Waals surface area contributed by atoms with Gasteiger partial charge in [-0.05, 0) is 19.4 Å². The SMILES string of the molecule is CCS(=O)(=O)N1CCN=C1S[C@@H](C)c1ccccc1. The standard InChI is InChI=1S/C13H18N2O2S2/c1-3-19(16,17)15-10-9-14-13(15)18-11(2)12-7-5-4-6-8-12/h4-8,11H,3,9-10H2,1-2H3/t11-/m0/s1. The lowest BCUT2D eigenvalue weighted by atomic mass is 10.2. The van der Waals surface area contributed by atoms with Crippen molar-refractivity contribution in [2.75, 3.05) is 18.8 Å². The molecule has 0 saturated carbocycles. The van der Waals surface area contributed by atoms with E-state index in [1.54, 1.807) is 6.92 Å². The van der Waals surface area contributed by atoms with Gasteiger partial charge in [0.05, 0.1) is 18.8 Å². The van der Waals surface area contributed by atoms with Gasteiger partial charge in [-0.15, -0.1) is 0 Å². The summed E-state index contributed by atoms with van der Waals surface area (Å²) in [7, 11) is -3.19. The Bertz CT molecular complexity index is 555. The van der Waals surface area contributed by atoms with Crippen LogP contribution in [0.4, 0.5) is 0 Å². The highest BCUT2D eigenvalue weighted by Crippen LogP contribution is 2.32. The van der Waals surface area contributed by atoms with Crippen molar-refractivity contribution in [1.29, 1.82) is 0 Å². The Hall–Kier alpha value is -1.01. The zero-order valence-electron chi connectivity index (χ0n) is 11.1. The normalized spacial score (nSPS) is 17.4. The molecule has 1 aliphatic rings. The van der Waals surface area contributed by atoms with E-state index < -0.39 is 10.0 Å². The van der Waals surface area contributed by atoms with Crippen molar-refractivity contribution in [3.63, 3.8) is 0 Å². The second-order valence-corrected chi connectivity index (χ2v) is 7.80. The molecule has 0 radical (unpaired) electrons. The molecule has 0 N–H and O–H groups in total. The van der Waals surface area contributed by atoms with Gasteiger partial charge >= 0.3 is 0 Å². The average molecular weight is 298 g/mol. The molecule has 0 spiro atoms. The summed E-state index contributed by atoms with van der Waals surface area (Å²) < 4.78 is 25.4. The summed E-state index contributed by atoms with van der Waals surface area (Å²) in [5, 5.41) is 0.811. The maximum absolute atomic E-state index is 12.0. The van der Waals surface area contributed by atoms with Crippen molar-refractivity contribution in [1.82, 2.24) is 4.31 Å². The van der Waals surface area contributed by atoms with E-state index in [-0.39, 0.29) is 11.0 Å². The minimum Gasteiger partial charge on any atom is -0.260 e. The van der Waals surface area contributed by atoms with E-state index in [9.17, 15) is 8.42 Å². The van der Waals surface area contributed by atoms with Gasteiger partial charge in [0.2, 0.25) is 10.0 Å². The van der Waals surface area contributed by atoms with Crippen molar-refractivity contribution in [2.24, 2.45) is 4.99 Å².